The lowest BCUT2D eigenvalue weighted by Crippen LogP contribution is -2.38. The van der Waals surface area contributed by atoms with Crippen LogP contribution in [0.25, 0.3) is 11.5 Å². The van der Waals surface area contributed by atoms with E-state index in [0.717, 1.165) is 30.0 Å². The van der Waals surface area contributed by atoms with E-state index in [2.05, 4.69) is 29.1 Å². The third kappa shape index (κ3) is 2.64. The van der Waals surface area contributed by atoms with Gasteiger partial charge in [-0.2, -0.15) is 5.10 Å². The van der Waals surface area contributed by atoms with E-state index in [1.165, 1.54) is 5.69 Å². The summed E-state index contributed by atoms with van der Waals surface area (Å²) < 4.78 is 3.94. The molecule has 3 rings (SSSR count). The first-order chi connectivity index (χ1) is 10.9. The molecule has 7 heteroatoms. The minimum atomic E-state index is 0.0102. The Hall–Kier alpha value is -2.18. The summed E-state index contributed by atoms with van der Waals surface area (Å²) in [4.78, 5) is 14.3. The quantitative estimate of drug-likeness (QED) is 0.866. The highest BCUT2D eigenvalue weighted by Gasteiger charge is 2.29. The van der Waals surface area contributed by atoms with E-state index in [0.29, 0.717) is 6.54 Å². The van der Waals surface area contributed by atoms with Gasteiger partial charge in [0.25, 0.3) is 0 Å². The molecule has 7 nitrogen and oxygen atoms in total. The molecule has 0 spiro atoms. The fourth-order valence-corrected chi connectivity index (χ4v) is 3.12. The van der Waals surface area contributed by atoms with Crippen molar-refractivity contribution in [2.45, 2.75) is 46.7 Å². The van der Waals surface area contributed by atoms with Crippen LogP contribution in [0.4, 0.5) is 0 Å². The van der Waals surface area contributed by atoms with Crippen LogP contribution in [-0.2, 0) is 24.8 Å². The van der Waals surface area contributed by atoms with Gasteiger partial charge in [0.05, 0.1) is 0 Å². The zero-order chi connectivity index (χ0) is 16.7. The number of aromatic nitrogens is 5. The van der Waals surface area contributed by atoms with Gasteiger partial charge in [0, 0.05) is 49.8 Å². The molecule has 0 aromatic carbocycles. The van der Waals surface area contributed by atoms with Crippen LogP contribution in [0.2, 0.25) is 0 Å². The average molecular weight is 316 g/mol. The van der Waals surface area contributed by atoms with Crippen LogP contribution >= 0.6 is 0 Å². The first-order valence-corrected chi connectivity index (χ1v) is 8.13. The van der Waals surface area contributed by atoms with Crippen molar-refractivity contribution in [3.05, 3.63) is 17.6 Å². The average Bonchev–Trinajstić information content (AvgIpc) is 3.11. The molecule has 0 bridgehead atoms. The molecule has 124 valence electrons. The Labute approximate surface area is 136 Å². The lowest BCUT2D eigenvalue weighted by Gasteiger charge is -2.29. The van der Waals surface area contributed by atoms with Crippen LogP contribution in [0.1, 0.15) is 45.0 Å². The highest BCUT2D eigenvalue weighted by Crippen LogP contribution is 2.30. The minimum absolute atomic E-state index is 0.0102. The van der Waals surface area contributed by atoms with E-state index in [1.807, 2.05) is 35.0 Å². The molecule has 0 atom stereocenters. The lowest BCUT2D eigenvalue weighted by atomic mass is 10.0. The van der Waals surface area contributed by atoms with E-state index in [-0.39, 0.29) is 17.9 Å². The summed E-state index contributed by atoms with van der Waals surface area (Å²) in [7, 11) is 1.96. The molecule has 0 unspecified atom stereocenters. The van der Waals surface area contributed by atoms with Crippen molar-refractivity contribution in [2.75, 3.05) is 6.54 Å². The second-order valence-corrected chi connectivity index (χ2v) is 6.72. The second kappa shape index (κ2) is 5.79. The van der Waals surface area contributed by atoms with E-state index < -0.39 is 0 Å². The van der Waals surface area contributed by atoms with Gasteiger partial charge >= 0.3 is 0 Å². The van der Waals surface area contributed by atoms with E-state index in [4.69, 9.17) is 0 Å². The van der Waals surface area contributed by atoms with Gasteiger partial charge in [0.1, 0.15) is 12.0 Å². The summed E-state index contributed by atoms with van der Waals surface area (Å²) in [5.74, 6) is 0.975. The molecule has 3 heterocycles. The number of hydrogen-bond donors (Lipinski definition) is 0. The van der Waals surface area contributed by atoms with Gasteiger partial charge in [0.15, 0.2) is 5.82 Å². The summed E-state index contributed by atoms with van der Waals surface area (Å²) in [6.45, 7) is 9.42. The lowest BCUT2D eigenvalue weighted by molar-refractivity contribution is -0.135. The molecule has 1 amide bonds. The summed E-state index contributed by atoms with van der Waals surface area (Å²) in [6, 6.07) is 0.259. The van der Waals surface area contributed by atoms with Gasteiger partial charge in [-0.15, -0.1) is 10.2 Å². The van der Waals surface area contributed by atoms with Gasteiger partial charge in [-0.1, -0.05) is 13.8 Å². The maximum Gasteiger partial charge on any atom is 0.225 e. The summed E-state index contributed by atoms with van der Waals surface area (Å²) >= 11 is 0. The van der Waals surface area contributed by atoms with E-state index in [1.54, 1.807) is 6.33 Å². The van der Waals surface area contributed by atoms with Crippen molar-refractivity contribution in [1.29, 1.82) is 0 Å². The maximum atomic E-state index is 12.4. The first kappa shape index (κ1) is 15.7. The smallest absolute Gasteiger partial charge is 0.225 e. The Morgan fingerprint density at radius 2 is 2.00 bits per heavy atom. The summed E-state index contributed by atoms with van der Waals surface area (Å²) in [5, 5.41) is 13.0. The van der Waals surface area contributed by atoms with Crippen molar-refractivity contribution >= 4 is 5.91 Å². The SMILES string of the molecule is CC(C)C(=O)N1CCc2c(c(-c3nncn3C(C)C)nn2C)C1. The van der Waals surface area contributed by atoms with Gasteiger partial charge < -0.3 is 9.47 Å². The Balaban J connectivity index is 2.02. The van der Waals surface area contributed by atoms with Gasteiger partial charge in [0.2, 0.25) is 5.91 Å². The predicted octanol–water partition coefficient (Wildman–Crippen LogP) is 1.80. The van der Waals surface area contributed by atoms with Crippen LogP contribution in [-0.4, -0.2) is 41.9 Å². The Morgan fingerprint density at radius 3 is 2.65 bits per heavy atom. The van der Waals surface area contributed by atoms with Gasteiger partial charge in [-0.3, -0.25) is 9.48 Å². The summed E-state index contributed by atoms with van der Waals surface area (Å²) in [6.07, 6.45) is 2.56. The van der Waals surface area contributed by atoms with E-state index in [9.17, 15) is 4.79 Å². The molecule has 0 aliphatic carbocycles. The van der Waals surface area contributed by atoms with Crippen LogP contribution in [0.5, 0.6) is 0 Å². The molecule has 0 N–H and O–H groups in total. The van der Waals surface area contributed by atoms with Crippen LogP contribution in [0.3, 0.4) is 0 Å². The molecule has 0 radical (unpaired) electrons. The van der Waals surface area contributed by atoms with Crippen molar-refractivity contribution in [1.82, 2.24) is 29.4 Å². The predicted molar refractivity (Wildman–Crippen MR) is 86.6 cm³/mol. The van der Waals surface area contributed by atoms with Crippen LogP contribution in [0, 0.1) is 5.92 Å². The molecule has 23 heavy (non-hydrogen) atoms. The number of carbonyl (C=O) groups excluding carboxylic acids is 1. The normalized spacial score (nSPS) is 14.7. The fraction of sp³-hybridized carbons (Fsp3) is 0.625. The number of aryl methyl sites for hydroxylation is 1. The van der Waals surface area contributed by atoms with E-state index >= 15 is 0 Å². The monoisotopic (exact) mass is 316 g/mol. The van der Waals surface area contributed by atoms with Crippen molar-refractivity contribution in [3.63, 3.8) is 0 Å². The van der Waals surface area contributed by atoms with Crippen molar-refractivity contribution in [2.24, 2.45) is 13.0 Å². The molecule has 0 saturated heterocycles. The Morgan fingerprint density at radius 1 is 1.26 bits per heavy atom. The van der Waals surface area contributed by atoms with Gasteiger partial charge in [-0.05, 0) is 13.8 Å². The molecule has 2 aromatic heterocycles. The maximum absolute atomic E-state index is 12.4. The zero-order valence-corrected chi connectivity index (χ0v) is 14.4. The second-order valence-electron chi connectivity index (χ2n) is 6.72. The molecule has 1 aliphatic heterocycles. The third-order valence-electron chi connectivity index (χ3n) is 4.39. The Kier molecular flexibility index (Phi) is 3.95. The Bertz CT molecular complexity index is 727. The molecule has 1 aliphatic rings. The van der Waals surface area contributed by atoms with Crippen LogP contribution < -0.4 is 0 Å². The highest BCUT2D eigenvalue weighted by molar-refractivity contribution is 5.78. The molecule has 2 aromatic rings. The number of rotatable bonds is 3. The largest absolute Gasteiger partial charge is 0.338 e. The number of fused-ring (bicyclic) bond motifs is 1. The minimum Gasteiger partial charge on any atom is -0.338 e. The van der Waals surface area contributed by atoms with Crippen molar-refractivity contribution < 1.29 is 4.79 Å². The standard InChI is InChI=1S/C16H24N6O/c1-10(2)16(23)21-7-6-13-12(8-21)14(19-20(13)5)15-18-17-9-22(15)11(3)4/h9-11H,6-8H2,1-5H3. The third-order valence-corrected chi connectivity index (χ3v) is 4.39. The highest BCUT2D eigenvalue weighted by atomic mass is 16.2. The van der Waals surface area contributed by atoms with Crippen LogP contribution in [0.15, 0.2) is 6.33 Å². The molecular weight excluding hydrogens is 292 g/mol. The van der Waals surface area contributed by atoms with Crippen molar-refractivity contribution in [3.8, 4) is 11.5 Å². The molecule has 0 saturated carbocycles. The fourth-order valence-electron chi connectivity index (χ4n) is 3.12. The summed E-state index contributed by atoms with van der Waals surface area (Å²) in [5.41, 5.74) is 3.13. The number of nitrogens with zero attached hydrogens (tertiary/aromatic N) is 6. The number of hydrogen-bond acceptors (Lipinski definition) is 4. The number of carbonyl (C=O) groups is 1. The number of amides is 1. The molecule has 0 fully saturated rings. The topological polar surface area (TPSA) is 68.8 Å². The van der Waals surface area contributed by atoms with Gasteiger partial charge in [-0.25, -0.2) is 0 Å². The zero-order valence-electron chi connectivity index (χ0n) is 14.4. The molecular formula is C16H24N6O. The first-order valence-electron chi connectivity index (χ1n) is 8.13.